The zero-order valence-corrected chi connectivity index (χ0v) is 16.8. The van der Waals surface area contributed by atoms with Crippen molar-refractivity contribution in [2.24, 2.45) is 0 Å². The molecule has 1 amide bonds. The van der Waals surface area contributed by atoms with Crippen LogP contribution in [0.5, 0.6) is 17.2 Å². The Labute approximate surface area is 162 Å². The van der Waals surface area contributed by atoms with E-state index in [-0.39, 0.29) is 11.7 Å². The van der Waals surface area contributed by atoms with Gasteiger partial charge in [-0.2, -0.15) is 0 Å². The first-order valence-electron chi connectivity index (χ1n) is 8.33. The number of nitrogens with one attached hydrogen (secondary N) is 1. The second-order valence-electron chi connectivity index (χ2n) is 5.40. The van der Waals surface area contributed by atoms with Crippen LogP contribution in [0.25, 0.3) is 0 Å². The average Bonchev–Trinajstić information content (AvgIpc) is 3.07. The molecule has 0 saturated heterocycles. The van der Waals surface area contributed by atoms with E-state index in [9.17, 15) is 4.79 Å². The first-order valence-corrected chi connectivity index (χ1v) is 9.32. The van der Waals surface area contributed by atoms with Gasteiger partial charge in [0.25, 0.3) is 0 Å². The maximum Gasteiger partial charge on any atom is 0.234 e. The molecule has 2 aromatic rings. The van der Waals surface area contributed by atoms with Crippen molar-refractivity contribution >= 4 is 23.4 Å². The highest BCUT2D eigenvalue weighted by molar-refractivity contribution is 7.99. The first-order chi connectivity index (χ1) is 13.1. The second-order valence-corrected chi connectivity index (χ2v) is 6.35. The molecular formula is C18H24N4O4S. The molecule has 0 saturated carbocycles. The minimum Gasteiger partial charge on any atom is -0.493 e. The number of carbonyl (C=O) groups is 1. The van der Waals surface area contributed by atoms with Gasteiger partial charge in [0.15, 0.2) is 16.7 Å². The quantitative estimate of drug-likeness (QED) is 0.491. The Bertz CT molecular complexity index is 782. The summed E-state index contributed by atoms with van der Waals surface area (Å²) in [6, 6.07) is 3.36. The molecule has 1 N–H and O–H groups in total. The van der Waals surface area contributed by atoms with Gasteiger partial charge < -0.3 is 24.1 Å². The van der Waals surface area contributed by atoms with Gasteiger partial charge in [0, 0.05) is 30.8 Å². The maximum absolute atomic E-state index is 12.4. The van der Waals surface area contributed by atoms with E-state index in [0.29, 0.717) is 34.6 Å². The predicted molar refractivity (Wildman–Crippen MR) is 105 cm³/mol. The summed E-state index contributed by atoms with van der Waals surface area (Å²) in [6.45, 7) is 6.36. The lowest BCUT2D eigenvalue weighted by Crippen LogP contribution is -2.15. The van der Waals surface area contributed by atoms with Crippen molar-refractivity contribution in [1.82, 2.24) is 14.8 Å². The summed E-state index contributed by atoms with van der Waals surface area (Å²) in [6.07, 6.45) is 2.54. The molecule has 0 atom stereocenters. The van der Waals surface area contributed by atoms with Crippen LogP contribution in [0.15, 0.2) is 29.9 Å². The van der Waals surface area contributed by atoms with Gasteiger partial charge >= 0.3 is 0 Å². The second kappa shape index (κ2) is 9.86. The van der Waals surface area contributed by atoms with E-state index < -0.39 is 0 Å². The normalized spacial score (nSPS) is 10.4. The van der Waals surface area contributed by atoms with Crippen LogP contribution in [0, 0.1) is 0 Å². The Morgan fingerprint density at radius 1 is 1.22 bits per heavy atom. The van der Waals surface area contributed by atoms with Gasteiger partial charge in [-0.1, -0.05) is 24.8 Å². The van der Waals surface area contributed by atoms with Gasteiger partial charge in [-0.15, -0.1) is 16.8 Å². The molecule has 0 aliphatic rings. The van der Waals surface area contributed by atoms with Crippen molar-refractivity contribution in [2.75, 3.05) is 32.4 Å². The van der Waals surface area contributed by atoms with E-state index in [1.54, 1.807) is 18.2 Å². The lowest BCUT2D eigenvalue weighted by molar-refractivity contribution is -0.113. The molecular weight excluding hydrogens is 368 g/mol. The third-order valence-corrected chi connectivity index (χ3v) is 4.67. The van der Waals surface area contributed by atoms with Crippen LogP contribution in [0.3, 0.4) is 0 Å². The van der Waals surface area contributed by atoms with Crippen molar-refractivity contribution < 1.29 is 19.0 Å². The van der Waals surface area contributed by atoms with Gasteiger partial charge in [-0.25, -0.2) is 0 Å². The molecule has 1 aromatic carbocycles. The number of methoxy groups -OCH3 is 3. The number of hydrogen-bond acceptors (Lipinski definition) is 7. The number of carbonyl (C=O) groups excluding carboxylic acids is 1. The third-order valence-electron chi connectivity index (χ3n) is 3.70. The van der Waals surface area contributed by atoms with Crippen LogP contribution in [-0.4, -0.2) is 47.8 Å². The van der Waals surface area contributed by atoms with Gasteiger partial charge in [-0.05, 0) is 0 Å². The van der Waals surface area contributed by atoms with Gasteiger partial charge in [0.1, 0.15) is 5.82 Å². The maximum atomic E-state index is 12.4. The number of hydrogen-bond donors (Lipinski definition) is 1. The largest absolute Gasteiger partial charge is 0.493 e. The standard InChI is InChI=1S/C18H24N4O4S/c1-6-8-22-15(7-2)20-21-18(22)27-11-16(23)19-12-9-13(24-3)17(26-5)14(10-12)25-4/h6,9-10H,1,7-8,11H2,2-5H3,(H,19,23). The van der Waals surface area contributed by atoms with Crippen LogP contribution >= 0.6 is 11.8 Å². The summed E-state index contributed by atoms with van der Waals surface area (Å²) >= 11 is 1.32. The highest BCUT2D eigenvalue weighted by atomic mass is 32.2. The fraction of sp³-hybridized carbons (Fsp3) is 0.389. The molecule has 146 valence electrons. The Morgan fingerprint density at radius 3 is 2.41 bits per heavy atom. The van der Waals surface area contributed by atoms with Gasteiger partial charge in [-0.3, -0.25) is 4.79 Å². The fourth-order valence-electron chi connectivity index (χ4n) is 2.48. The highest BCUT2D eigenvalue weighted by Crippen LogP contribution is 2.39. The number of rotatable bonds is 10. The van der Waals surface area contributed by atoms with Crippen LogP contribution in [0.4, 0.5) is 5.69 Å². The number of aromatic nitrogens is 3. The molecule has 1 heterocycles. The summed E-state index contributed by atoms with van der Waals surface area (Å²) in [5.41, 5.74) is 0.553. The minimum absolute atomic E-state index is 0.180. The Hall–Kier alpha value is -2.68. The molecule has 9 heteroatoms. The summed E-state index contributed by atoms with van der Waals surface area (Å²) in [5, 5.41) is 11.8. The van der Waals surface area contributed by atoms with E-state index in [2.05, 4.69) is 22.1 Å². The highest BCUT2D eigenvalue weighted by Gasteiger charge is 2.16. The zero-order valence-electron chi connectivity index (χ0n) is 15.9. The molecule has 0 bridgehead atoms. The van der Waals surface area contributed by atoms with E-state index in [1.807, 2.05) is 11.5 Å². The van der Waals surface area contributed by atoms with Crippen LogP contribution < -0.4 is 19.5 Å². The number of allylic oxidation sites excluding steroid dienone is 1. The number of anilines is 1. The van der Waals surface area contributed by atoms with E-state index in [0.717, 1.165) is 12.2 Å². The van der Waals surface area contributed by atoms with Crippen LogP contribution in [0.1, 0.15) is 12.7 Å². The SMILES string of the molecule is C=CCn1c(CC)nnc1SCC(=O)Nc1cc(OC)c(OC)c(OC)c1. The summed E-state index contributed by atoms with van der Waals surface area (Å²) in [7, 11) is 4.58. The molecule has 1 aromatic heterocycles. The smallest absolute Gasteiger partial charge is 0.234 e. The van der Waals surface area contributed by atoms with Gasteiger partial charge in [0.2, 0.25) is 11.7 Å². The summed E-state index contributed by atoms with van der Waals surface area (Å²) < 4.78 is 17.8. The topological polar surface area (TPSA) is 87.5 Å². The van der Waals surface area contributed by atoms with Crippen molar-refractivity contribution in [3.63, 3.8) is 0 Å². The lowest BCUT2D eigenvalue weighted by atomic mass is 10.2. The number of benzene rings is 1. The molecule has 0 fully saturated rings. The van der Waals surface area contributed by atoms with Crippen molar-refractivity contribution in [3.05, 3.63) is 30.6 Å². The zero-order chi connectivity index (χ0) is 19.8. The molecule has 0 spiro atoms. The number of thioether (sulfide) groups is 1. The number of ether oxygens (including phenoxy) is 3. The molecule has 0 unspecified atom stereocenters. The Balaban J connectivity index is 2.08. The number of aryl methyl sites for hydroxylation is 1. The first kappa shape index (κ1) is 20.6. The molecule has 2 rings (SSSR count). The van der Waals surface area contributed by atoms with Crippen LogP contribution in [0.2, 0.25) is 0 Å². The van der Waals surface area contributed by atoms with Crippen LogP contribution in [-0.2, 0) is 17.8 Å². The minimum atomic E-state index is -0.180. The molecule has 27 heavy (non-hydrogen) atoms. The van der Waals surface area contributed by atoms with E-state index in [1.165, 1.54) is 33.1 Å². The monoisotopic (exact) mass is 392 g/mol. The van der Waals surface area contributed by atoms with E-state index in [4.69, 9.17) is 14.2 Å². The van der Waals surface area contributed by atoms with Crippen molar-refractivity contribution in [1.29, 1.82) is 0 Å². The summed E-state index contributed by atoms with van der Waals surface area (Å²) in [5.74, 6) is 2.28. The predicted octanol–water partition coefficient (Wildman–Crippen LogP) is 2.78. The van der Waals surface area contributed by atoms with Gasteiger partial charge in [0.05, 0.1) is 27.1 Å². The van der Waals surface area contributed by atoms with E-state index >= 15 is 0 Å². The average molecular weight is 392 g/mol. The third kappa shape index (κ3) is 4.94. The molecule has 0 radical (unpaired) electrons. The lowest BCUT2D eigenvalue weighted by Gasteiger charge is -2.14. The van der Waals surface area contributed by atoms with Crippen molar-refractivity contribution in [3.8, 4) is 17.2 Å². The summed E-state index contributed by atoms with van der Waals surface area (Å²) in [4.78, 5) is 12.4. The molecule has 0 aliphatic carbocycles. The Morgan fingerprint density at radius 2 is 1.89 bits per heavy atom. The number of amides is 1. The number of nitrogens with zero attached hydrogens (tertiary/aromatic N) is 3. The Kier molecular flexibility index (Phi) is 7.54. The van der Waals surface area contributed by atoms with Crippen molar-refractivity contribution in [2.45, 2.75) is 25.0 Å². The fourth-order valence-corrected chi connectivity index (χ4v) is 3.25. The molecule has 8 nitrogen and oxygen atoms in total. The molecule has 0 aliphatic heterocycles.